The van der Waals surface area contributed by atoms with E-state index in [0.717, 1.165) is 44.5 Å². The van der Waals surface area contributed by atoms with E-state index in [1.807, 2.05) is 13.0 Å². The molecule has 32 heavy (non-hydrogen) atoms. The first-order valence-corrected chi connectivity index (χ1v) is 11.9. The molecule has 1 unspecified atom stereocenters. The van der Waals surface area contributed by atoms with Crippen LogP contribution in [0.4, 0.5) is 0 Å². The van der Waals surface area contributed by atoms with Gasteiger partial charge in [0.2, 0.25) is 0 Å². The summed E-state index contributed by atoms with van der Waals surface area (Å²) < 4.78 is 5.81. The zero-order valence-corrected chi connectivity index (χ0v) is 19.2. The van der Waals surface area contributed by atoms with Gasteiger partial charge >= 0.3 is 0 Å². The summed E-state index contributed by atoms with van der Waals surface area (Å²) in [5, 5.41) is 0. The first kappa shape index (κ1) is 22.1. The highest BCUT2D eigenvalue weighted by atomic mass is 16.5. The van der Waals surface area contributed by atoms with E-state index in [2.05, 4.69) is 85.5 Å². The fraction of sp³-hybridized carbons (Fsp3) is 0.290. The van der Waals surface area contributed by atoms with Crippen LogP contribution in [0.1, 0.15) is 54.4 Å². The van der Waals surface area contributed by atoms with Gasteiger partial charge in [-0.1, -0.05) is 72.8 Å². The first-order valence-electron chi connectivity index (χ1n) is 11.9. The summed E-state index contributed by atoms with van der Waals surface area (Å²) in [5.41, 5.74) is 8.45. The number of aryl methyl sites for hydroxylation is 2. The lowest BCUT2D eigenvalue weighted by Crippen LogP contribution is -2.13. The van der Waals surface area contributed by atoms with Gasteiger partial charge in [-0.15, -0.1) is 6.58 Å². The molecule has 1 heteroatoms. The smallest absolute Gasteiger partial charge is 0.119 e. The maximum absolute atomic E-state index is 5.81. The molecule has 1 aliphatic carbocycles. The van der Waals surface area contributed by atoms with Crippen LogP contribution in [0.25, 0.3) is 11.1 Å². The molecule has 0 heterocycles. The van der Waals surface area contributed by atoms with E-state index in [9.17, 15) is 0 Å². The van der Waals surface area contributed by atoms with Crippen molar-refractivity contribution in [2.75, 3.05) is 6.61 Å². The van der Waals surface area contributed by atoms with Gasteiger partial charge in [-0.25, -0.2) is 0 Å². The van der Waals surface area contributed by atoms with Gasteiger partial charge in [0.05, 0.1) is 6.61 Å². The number of benzene rings is 3. The van der Waals surface area contributed by atoms with Gasteiger partial charge < -0.3 is 4.74 Å². The van der Waals surface area contributed by atoms with Crippen molar-refractivity contribution in [1.82, 2.24) is 0 Å². The molecule has 0 bridgehead atoms. The molecule has 0 saturated carbocycles. The van der Waals surface area contributed by atoms with Crippen molar-refractivity contribution < 1.29 is 4.74 Å². The molecule has 0 saturated heterocycles. The second-order valence-electron chi connectivity index (χ2n) is 8.72. The highest BCUT2D eigenvalue weighted by molar-refractivity contribution is 5.66. The molecule has 1 nitrogen and oxygen atoms in total. The molecule has 0 N–H and O–H groups in total. The number of rotatable bonds is 9. The fourth-order valence-electron chi connectivity index (χ4n) is 4.60. The Labute approximate surface area is 193 Å². The highest BCUT2D eigenvalue weighted by Crippen LogP contribution is 2.35. The molecule has 1 aliphatic rings. The standard InChI is InChI=1S/C31H34O/c1-3-5-7-21-32-31-19-17-26(18-20-31)28-14-16-29-22-27(13-15-30(29)23-28)25-11-9-24(10-12-25)8-6-4-2/h3-5,9-12,14,16-20,23,27H,2,6-8,13,15,21-22H2,1H3/b5-3+. The Bertz CT molecular complexity index is 1040. The number of hydrogen-bond acceptors (Lipinski definition) is 1. The van der Waals surface area contributed by atoms with Crippen molar-refractivity contribution in [2.24, 2.45) is 0 Å². The van der Waals surface area contributed by atoms with Gasteiger partial charge in [0.15, 0.2) is 0 Å². The summed E-state index contributed by atoms with van der Waals surface area (Å²) in [7, 11) is 0. The molecule has 1 atom stereocenters. The zero-order chi connectivity index (χ0) is 22.2. The van der Waals surface area contributed by atoms with Crippen molar-refractivity contribution in [3.8, 4) is 16.9 Å². The van der Waals surface area contributed by atoms with Crippen LogP contribution in [0.5, 0.6) is 5.75 Å². The van der Waals surface area contributed by atoms with Crippen LogP contribution in [0.2, 0.25) is 0 Å². The van der Waals surface area contributed by atoms with E-state index >= 15 is 0 Å². The second-order valence-corrected chi connectivity index (χ2v) is 8.72. The Balaban J connectivity index is 1.40. The Morgan fingerprint density at radius 1 is 0.906 bits per heavy atom. The molecule has 3 aromatic rings. The molecule has 3 aromatic carbocycles. The van der Waals surface area contributed by atoms with Gasteiger partial charge in [0.25, 0.3) is 0 Å². The molecule has 4 rings (SSSR count). The van der Waals surface area contributed by atoms with Crippen molar-refractivity contribution in [1.29, 1.82) is 0 Å². The Morgan fingerprint density at radius 2 is 1.69 bits per heavy atom. The van der Waals surface area contributed by atoms with Crippen molar-refractivity contribution in [3.63, 3.8) is 0 Å². The lowest BCUT2D eigenvalue weighted by molar-refractivity contribution is 0.325. The van der Waals surface area contributed by atoms with Crippen LogP contribution in [-0.2, 0) is 19.3 Å². The van der Waals surface area contributed by atoms with Crippen molar-refractivity contribution in [2.45, 2.75) is 51.4 Å². The molecular weight excluding hydrogens is 388 g/mol. The molecule has 164 valence electrons. The topological polar surface area (TPSA) is 9.23 Å². The maximum Gasteiger partial charge on any atom is 0.119 e. The largest absolute Gasteiger partial charge is 0.493 e. The molecule has 0 spiro atoms. The third-order valence-corrected chi connectivity index (χ3v) is 6.50. The minimum atomic E-state index is 0.626. The minimum Gasteiger partial charge on any atom is -0.493 e. The second kappa shape index (κ2) is 11.0. The van der Waals surface area contributed by atoms with E-state index in [1.54, 1.807) is 0 Å². The average Bonchev–Trinajstić information content (AvgIpc) is 2.85. The number of allylic oxidation sites excluding steroid dienone is 2. The average molecular weight is 423 g/mol. The van der Waals surface area contributed by atoms with Crippen LogP contribution in [0.3, 0.4) is 0 Å². The van der Waals surface area contributed by atoms with Gasteiger partial charge in [0.1, 0.15) is 5.75 Å². The summed E-state index contributed by atoms with van der Waals surface area (Å²) in [6, 6.07) is 24.8. The molecular formula is C31H34O. The molecule has 0 radical (unpaired) electrons. The minimum absolute atomic E-state index is 0.626. The number of fused-ring (bicyclic) bond motifs is 1. The number of hydrogen-bond donors (Lipinski definition) is 0. The predicted octanol–water partition coefficient (Wildman–Crippen LogP) is 8.09. The van der Waals surface area contributed by atoms with Crippen LogP contribution >= 0.6 is 0 Å². The van der Waals surface area contributed by atoms with E-state index in [4.69, 9.17) is 4.74 Å². The molecule has 0 fully saturated rings. The Morgan fingerprint density at radius 3 is 2.44 bits per heavy atom. The normalized spacial score (nSPS) is 15.5. The number of ether oxygens (including phenoxy) is 1. The SMILES string of the molecule is C=CCCc1ccc(C2CCc3cc(-c4ccc(OCC/C=C/C)cc4)ccc3C2)cc1. The van der Waals surface area contributed by atoms with Gasteiger partial charge in [-0.05, 0) is 96.9 Å². The van der Waals surface area contributed by atoms with E-state index in [1.165, 1.54) is 39.8 Å². The van der Waals surface area contributed by atoms with Gasteiger partial charge in [0, 0.05) is 0 Å². The van der Waals surface area contributed by atoms with Crippen molar-refractivity contribution >= 4 is 0 Å². The van der Waals surface area contributed by atoms with E-state index in [0.29, 0.717) is 5.92 Å². The summed E-state index contributed by atoms with van der Waals surface area (Å²) in [4.78, 5) is 0. The Kier molecular flexibility index (Phi) is 7.61. The fourth-order valence-corrected chi connectivity index (χ4v) is 4.60. The lowest BCUT2D eigenvalue weighted by Gasteiger charge is -2.26. The van der Waals surface area contributed by atoms with Crippen LogP contribution in [0, 0.1) is 0 Å². The van der Waals surface area contributed by atoms with Crippen LogP contribution in [0.15, 0.2) is 91.5 Å². The van der Waals surface area contributed by atoms with Gasteiger partial charge in [-0.2, -0.15) is 0 Å². The van der Waals surface area contributed by atoms with E-state index < -0.39 is 0 Å². The highest BCUT2D eigenvalue weighted by Gasteiger charge is 2.20. The Hall–Kier alpha value is -3.06. The lowest BCUT2D eigenvalue weighted by atomic mass is 9.79. The summed E-state index contributed by atoms with van der Waals surface area (Å²) in [6.45, 7) is 6.59. The third-order valence-electron chi connectivity index (χ3n) is 6.50. The van der Waals surface area contributed by atoms with Crippen LogP contribution in [-0.4, -0.2) is 6.61 Å². The van der Waals surface area contributed by atoms with Crippen molar-refractivity contribution in [3.05, 3.63) is 114 Å². The van der Waals surface area contributed by atoms with Gasteiger partial charge in [-0.3, -0.25) is 0 Å². The quantitative estimate of drug-likeness (QED) is 0.250. The predicted molar refractivity (Wildman–Crippen MR) is 137 cm³/mol. The summed E-state index contributed by atoms with van der Waals surface area (Å²) >= 11 is 0. The van der Waals surface area contributed by atoms with Crippen LogP contribution < -0.4 is 4.74 Å². The summed E-state index contributed by atoms with van der Waals surface area (Å²) in [5.74, 6) is 1.57. The molecule has 0 amide bonds. The first-order chi connectivity index (χ1) is 15.8. The monoisotopic (exact) mass is 422 g/mol. The maximum atomic E-state index is 5.81. The van der Waals surface area contributed by atoms with E-state index in [-0.39, 0.29) is 0 Å². The third kappa shape index (κ3) is 5.59. The summed E-state index contributed by atoms with van der Waals surface area (Å²) in [6.07, 6.45) is 12.8. The zero-order valence-electron chi connectivity index (χ0n) is 19.2. The molecule has 0 aliphatic heterocycles. The molecule has 0 aromatic heterocycles.